The molecule has 0 atom stereocenters. The van der Waals surface area contributed by atoms with Crippen molar-refractivity contribution in [3.8, 4) is 55.9 Å². The lowest BCUT2D eigenvalue weighted by molar-refractivity contribution is 0.00578. The van der Waals surface area contributed by atoms with Crippen LogP contribution in [0.15, 0.2) is 269 Å². The minimum atomic E-state index is -0.379. The zero-order chi connectivity index (χ0) is 59.5. The summed E-state index contributed by atoms with van der Waals surface area (Å²) in [7, 11) is -0.379. The van der Waals surface area contributed by atoms with Crippen LogP contribution in [0.3, 0.4) is 0 Å². The van der Waals surface area contributed by atoms with Gasteiger partial charge in [0.2, 0.25) is 0 Å². The van der Waals surface area contributed by atoms with Gasteiger partial charge in [0.05, 0.1) is 11.2 Å². The third-order valence-corrected chi connectivity index (χ3v) is 18.0. The minimum absolute atomic E-state index is 0.358. The van der Waals surface area contributed by atoms with E-state index in [-0.39, 0.29) is 18.3 Å². The van der Waals surface area contributed by atoms with E-state index in [0.29, 0.717) is 11.2 Å². The van der Waals surface area contributed by atoms with E-state index in [1.807, 2.05) is 110 Å². The van der Waals surface area contributed by atoms with Crippen molar-refractivity contribution >= 4 is 116 Å². The largest absolute Gasteiger partial charge is 0.494 e. The number of hydrogen-bond acceptors (Lipinski definition) is 10. The summed E-state index contributed by atoms with van der Waals surface area (Å²) in [6, 6.07) is 75.1. The van der Waals surface area contributed by atoms with Crippen molar-refractivity contribution in [2.24, 2.45) is 0 Å². The lowest BCUT2D eigenvalue weighted by Crippen LogP contribution is -2.41. The van der Waals surface area contributed by atoms with E-state index in [1.54, 1.807) is 12.7 Å². The molecule has 1 aliphatic heterocycles. The summed E-state index contributed by atoms with van der Waals surface area (Å²) in [5, 5.41) is 11.8. The molecule has 0 spiro atoms. The van der Waals surface area contributed by atoms with Crippen LogP contribution in [-0.2, 0) is 9.31 Å². The Hall–Kier alpha value is -10.2. The molecule has 0 N–H and O–H groups in total. The average molecular weight is 1210 g/mol. The van der Waals surface area contributed by atoms with E-state index < -0.39 is 0 Å². The molecule has 12 heteroatoms. The number of hydrogen-bond donors (Lipinski definition) is 0. The van der Waals surface area contributed by atoms with Crippen LogP contribution < -0.4 is 5.46 Å². The highest BCUT2D eigenvalue weighted by Crippen LogP contribution is 2.45. The molecule has 1 saturated heterocycles. The predicted octanol–water partition coefficient (Wildman–Crippen LogP) is 19.2. The Morgan fingerprint density at radius 2 is 0.682 bits per heavy atom. The number of furan rings is 2. The van der Waals surface area contributed by atoms with Crippen molar-refractivity contribution in [2.45, 2.75) is 38.9 Å². The molecular weight excluding hydrogens is 1150 g/mol. The van der Waals surface area contributed by atoms with Gasteiger partial charge in [-0.15, -0.1) is 0 Å². The molecule has 10 nitrogen and oxygen atoms in total. The Balaban J connectivity index is 0.000000117. The van der Waals surface area contributed by atoms with Gasteiger partial charge >= 0.3 is 7.12 Å². The number of para-hydroxylation sites is 2. The van der Waals surface area contributed by atoms with Crippen molar-refractivity contribution in [1.29, 1.82) is 0 Å². The molecular formula is C76H54BBrN6O4. The van der Waals surface area contributed by atoms with Crippen molar-refractivity contribution < 1.29 is 18.1 Å². The van der Waals surface area contributed by atoms with Gasteiger partial charge in [-0.25, -0.2) is 19.9 Å². The van der Waals surface area contributed by atoms with Crippen LogP contribution in [0, 0.1) is 0 Å². The number of halogens is 1. The van der Waals surface area contributed by atoms with E-state index in [9.17, 15) is 0 Å². The van der Waals surface area contributed by atoms with Crippen LogP contribution in [0.25, 0.3) is 143 Å². The molecule has 0 unspecified atom stereocenters. The highest BCUT2D eigenvalue weighted by atomic mass is 79.9. The fourth-order valence-corrected chi connectivity index (χ4v) is 12.9. The molecule has 1 aliphatic rings. The number of nitrogens with zero attached hydrogens (tertiary/aromatic N) is 6. The lowest BCUT2D eigenvalue weighted by Gasteiger charge is -2.32. The summed E-state index contributed by atoms with van der Waals surface area (Å²) in [6.07, 6.45) is 10.7. The number of fused-ring (bicyclic) bond motifs is 10. The molecule has 6 aromatic heterocycles. The molecule has 0 aliphatic carbocycles. The van der Waals surface area contributed by atoms with Crippen LogP contribution in [0.4, 0.5) is 0 Å². The molecule has 10 aromatic carbocycles. The second-order valence-corrected chi connectivity index (χ2v) is 23.7. The molecule has 422 valence electrons. The van der Waals surface area contributed by atoms with Crippen LogP contribution >= 0.6 is 15.9 Å². The molecule has 16 aromatic rings. The van der Waals surface area contributed by atoms with Crippen molar-refractivity contribution in [1.82, 2.24) is 29.9 Å². The van der Waals surface area contributed by atoms with Crippen LogP contribution in [-0.4, -0.2) is 48.2 Å². The van der Waals surface area contributed by atoms with Crippen molar-refractivity contribution in [2.75, 3.05) is 0 Å². The first-order chi connectivity index (χ1) is 43.1. The van der Waals surface area contributed by atoms with Gasteiger partial charge in [0.15, 0.2) is 11.2 Å². The van der Waals surface area contributed by atoms with Crippen LogP contribution in [0.5, 0.6) is 0 Å². The number of benzene rings is 10. The van der Waals surface area contributed by atoms with E-state index in [0.717, 1.165) is 82.1 Å². The smallest absolute Gasteiger partial charge is 0.452 e. The zero-order valence-corrected chi connectivity index (χ0v) is 50.1. The summed E-state index contributed by atoms with van der Waals surface area (Å²) in [5.74, 6) is 0. The Morgan fingerprint density at radius 3 is 1.08 bits per heavy atom. The summed E-state index contributed by atoms with van der Waals surface area (Å²) in [4.78, 5) is 26.7. The van der Waals surface area contributed by atoms with Crippen molar-refractivity contribution in [3.63, 3.8) is 0 Å². The highest BCUT2D eigenvalue weighted by Gasteiger charge is 2.51. The standard InChI is InChI=1S/C35H21N3O.C22H21BN2O3.C19H12BrN/c1-3-11-27-25(9-1)31(26-10-2-4-12-28(26)32(27)24-8-7-19-36-20-24)22-15-17-23(18-16-22)33-35-34(38-21-37-33)29-13-5-6-14-30(29)39-35;1-21(2)22(3,4)28-23(27-21)15-11-9-14(10-12-15)18-20-19(25-13-24-18)16-7-5-6-8-17(16)26-20;20-19-16-9-3-1-7-14(16)18(13-6-5-11-21-12-13)15-8-2-4-10-17(15)19/h1-21H;5-13H,1-4H3;1-12H. The van der Waals surface area contributed by atoms with E-state index >= 15 is 0 Å². The minimum Gasteiger partial charge on any atom is -0.452 e. The zero-order valence-electron chi connectivity index (χ0n) is 48.5. The second-order valence-electron chi connectivity index (χ2n) is 22.9. The molecule has 17 rings (SSSR count). The molecule has 0 saturated carbocycles. The maximum atomic E-state index is 6.19. The van der Waals surface area contributed by atoms with Gasteiger partial charge in [0, 0.05) is 62.3 Å². The number of rotatable bonds is 6. The molecule has 1 fully saturated rings. The number of aromatic nitrogens is 6. The quantitative estimate of drug-likeness (QED) is 0.117. The van der Waals surface area contributed by atoms with Crippen molar-refractivity contribution in [3.05, 3.63) is 260 Å². The van der Waals surface area contributed by atoms with Gasteiger partial charge in [0.1, 0.15) is 46.2 Å². The van der Waals surface area contributed by atoms with Gasteiger partial charge < -0.3 is 18.1 Å². The summed E-state index contributed by atoms with van der Waals surface area (Å²) in [6.45, 7) is 8.22. The fraction of sp³-hybridized carbons (Fsp3) is 0.0789. The van der Waals surface area contributed by atoms with Gasteiger partial charge in [-0.1, -0.05) is 182 Å². The molecule has 0 amide bonds. The Bertz CT molecular complexity index is 5180. The molecule has 88 heavy (non-hydrogen) atoms. The normalized spacial score (nSPS) is 13.6. The molecule has 7 heterocycles. The maximum absolute atomic E-state index is 6.19. The topological polar surface area (TPSA) is 122 Å². The van der Waals surface area contributed by atoms with Gasteiger partial charge in [-0.2, -0.15) is 0 Å². The van der Waals surface area contributed by atoms with Crippen LogP contribution in [0.2, 0.25) is 0 Å². The first kappa shape index (κ1) is 54.4. The SMILES string of the molecule is Brc1c2ccccc2c(-c2cccnc2)c2ccccc12.CC1(C)OB(c2ccc(-c3ncnc4c3oc3ccccc34)cc2)OC1(C)C.c1cncc(-c2c3ccccc3c(-c3ccc(-c4ncnc5c4oc4ccccc45)cc3)c3ccccc23)c1. The maximum Gasteiger partial charge on any atom is 0.494 e. The first-order valence-electron chi connectivity index (χ1n) is 29.2. The Kier molecular flexibility index (Phi) is 13.8. The van der Waals surface area contributed by atoms with E-state index in [2.05, 4.69) is 207 Å². The summed E-state index contributed by atoms with van der Waals surface area (Å²) in [5.41, 5.74) is 15.6. The van der Waals surface area contributed by atoms with Gasteiger partial charge in [0.25, 0.3) is 0 Å². The predicted molar refractivity (Wildman–Crippen MR) is 361 cm³/mol. The van der Waals surface area contributed by atoms with Gasteiger partial charge in [-0.3, -0.25) is 9.97 Å². The third kappa shape index (κ3) is 9.53. The lowest BCUT2D eigenvalue weighted by atomic mass is 9.79. The monoisotopic (exact) mass is 1200 g/mol. The average Bonchev–Trinajstić information content (AvgIpc) is 1.39. The fourth-order valence-electron chi connectivity index (χ4n) is 12.2. The Labute approximate surface area is 515 Å². The number of pyridine rings is 2. The summed E-state index contributed by atoms with van der Waals surface area (Å²) < 4.78 is 25.7. The Morgan fingerprint density at radius 1 is 0.341 bits per heavy atom. The molecule has 0 radical (unpaired) electrons. The highest BCUT2D eigenvalue weighted by molar-refractivity contribution is 9.10. The van der Waals surface area contributed by atoms with E-state index in [4.69, 9.17) is 18.1 Å². The third-order valence-electron chi connectivity index (χ3n) is 17.2. The molecule has 0 bridgehead atoms. The summed E-state index contributed by atoms with van der Waals surface area (Å²) >= 11 is 3.77. The first-order valence-corrected chi connectivity index (χ1v) is 30.0. The second kappa shape index (κ2) is 22.2. The van der Waals surface area contributed by atoms with Crippen LogP contribution in [0.1, 0.15) is 27.7 Å². The van der Waals surface area contributed by atoms with E-state index in [1.165, 1.54) is 59.8 Å². The van der Waals surface area contributed by atoms with Gasteiger partial charge in [-0.05, 0) is 151 Å².